The first-order valence-electron chi connectivity index (χ1n) is 3.58. The third-order valence-corrected chi connectivity index (χ3v) is 2.56. The highest BCUT2D eigenvalue weighted by atomic mass is 32.1. The van der Waals surface area contributed by atoms with Crippen molar-refractivity contribution in [2.45, 2.75) is 6.42 Å². The van der Waals surface area contributed by atoms with Crippen molar-refractivity contribution in [3.05, 3.63) is 21.9 Å². The lowest BCUT2D eigenvalue weighted by molar-refractivity contribution is 0.0605. The molecule has 0 saturated carbocycles. The molecule has 3 nitrogen and oxygen atoms in total. The molecule has 0 radical (unpaired) electrons. The summed E-state index contributed by atoms with van der Waals surface area (Å²) >= 11 is 6.09. The van der Waals surface area contributed by atoms with Crippen molar-refractivity contribution < 1.29 is 9.53 Å². The lowest BCUT2D eigenvalue weighted by Gasteiger charge is -1.99. The van der Waals surface area contributed by atoms with Gasteiger partial charge in [-0.3, -0.25) is 0 Å². The Hall–Kier alpha value is -0.940. The molecule has 1 aromatic rings. The van der Waals surface area contributed by atoms with Crippen LogP contribution in [0.2, 0.25) is 0 Å². The number of hydrogen-bond acceptors (Lipinski definition) is 4. The molecule has 0 atom stereocenters. The minimum atomic E-state index is -0.332. The molecule has 0 saturated heterocycles. The molecular formula is C8H9NO2S2. The van der Waals surface area contributed by atoms with Gasteiger partial charge in [0.25, 0.3) is 0 Å². The van der Waals surface area contributed by atoms with Gasteiger partial charge >= 0.3 is 5.97 Å². The van der Waals surface area contributed by atoms with Gasteiger partial charge in [0.2, 0.25) is 0 Å². The summed E-state index contributed by atoms with van der Waals surface area (Å²) in [5, 5.41) is 1.82. The summed E-state index contributed by atoms with van der Waals surface area (Å²) in [7, 11) is 1.35. The number of thiocarbonyl (C=S) groups is 1. The van der Waals surface area contributed by atoms with E-state index in [-0.39, 0.29) is 5.97 Å². The van der Waals surface area contributed by atoms with Gasteiger partial charge in [-0.1, -0.05) is 12.2 Å². The Labute approximate surface area is 85.5 Å². The number of ether oxygens (including phenoxy) is 1. The average Bonchev–Trinajstić information content (AvgIpc) is 2.50. The number of thiophene rings is 1. The van der Waals surface area contributed by atoms with Crippen LogP contribution in [0.25, 0.3) is 0 Å². The third-order valence-electron chi connectivity index (χ3n) is 1.48. The van der Waals surface area contributed by atoms with Crippen molar-refractivity contribution >= 4 is 34.5 Å². The molecule has 0 spiro atoms. The van der Waals surface area contributed by atoms with Gasteiger partial charge in [0, 0.05) is 6.42 Å². The smallest absolute Gasteiger partial charge is 0.348 e. The van der Waals surface area contributed by atoms with E-state index in [2.05, 4.69) is 4.74 Å². The minimum absolute atomic E-state index is 0.332. The number of rotatable bonds is 3. The maximum atomic E-state index is 11.2. The van der Waals surface area contributed by atoms with Gasteiger partial charge in [0.15, 0.2) is 0 Å². The van der Waals surface area contributed by atoms with Gasteiger partial charge < -0.3 is 10.5 Å². The topological polar surface area (TPSA) is 52.3 Å². The Kier molecular flexibility index (Phi) is 3.39. The summed E-state index contributed by atoms with van der Waals surface area (Å²) in [5.41, 5.74) is 6.22. The maximum absolute atomic E-state index is 11.2. The molecule has 70 valence electrons. The van der Waals surface area contributed by atoms with Gasteiger partial charge in [-0.15, -0.1) is 11.3 Å². The van der Waals surface area contributed by atoms with E-state index in [1.807, 2.05) is 11.4 Å². The maximum Gasteiger partial charge on any atom is 0.348 e. The first-order valence-corrected chi connectivity index (χ1v) is 4.87. The Morgan fingerprint density at radius 2 is 2.46 bits per heavy atom. The van der Waals surface area contributed by atoms with Gasteiger partial charge in [0.1, 0.15) is 4.88 Å². The zero-order valence-electron chi connectivity index (χ0n) is 7.07. The van der Waals surface area contributed by atoms with E-state index >= 15 is 0 Å². The molecule has 1 rings (SSSR count). The van der Waals surface area contributed by atoms with E-state index in [0.717, 1.165) is 5.56 Å². The monoisotopic (exact) mass is 215 g/mol. The number of esters is 1. The van der Waals surface area contributed by atoms with E-state index in [9.17, 15) is 4.79 Å². The molecule has 13 heavy (non-hydrogen) atoms. The second kappa shape index (κ2) is 4.34. The van der Waals surface area contributed by atoms with Crippen molar-refractivity contribution in [2.24, 2.45) is 5.73 Å². The van der Waals surface area contributed by atoms with Crippen LogP contribution in [-0.4, -0.2) is 18.1 Å². The lowest BCUT2D eigenvalue weighted by atomic mass is 10.2. The fourth-order valence-corrected chi connectivity index (χ4v) is 1.93. The standard InChI is InChI=1S/C8H9NO2S2/c1-11-8(10)7-5(2-3-13-7)4-6(9)12/h2-3H,4H2,1H3,(H2,9,12). The van der Waals surface area contributed by atoms with E-state index in [1.54, 1.807) is 0 Å². The second-order valence-electron chi connectivity index (χ2n) is 2.41. The number of carbonyl (C=O) groups is 1. The quantitative estimate of drug-likeness (QED) is 0.611. The highest BCUT2D eigenvalue weighted by Gasteiger charge is 2.13. The van der Waals surface area contributed by atoms with Crippen molar-refractivity contribution in [2.75, 3.05) is 7.11 Å². The Morgan fingerprint density at radius 1 is 1.77 bits per heavy atom. The summed E-state index contributed by atoms with van der Waals surface area (Å²) in [6.45, 7) is 0. The number of hydrogen-bond donors (Lipinski definition) is 1. The fourth-order valence-electron chi connectivity index (χ4n) is 0.934. The first-order chi connectivity index (χ1) is 6.15. The predicted octanol–water partition coefficient (Wildman–Crippen LogP) is 1.36. The summed E-state index contributed by atoms with van der Waals surface area (Å²) in [5.74, 6) is -0.332. The molecular weight excluding hydrogens is 206 g/mol. The molecule has 0 amide bonds. The number of methoxy groups -OCH3 is 1. The average molecular weight is 215 g/mol. The molecule has 0 aliphatic rings. The molecule has 1 aromatic heterocycles. The van der Waals surface area contributed by atoms with Crippen LogP contribution in [0.3, 0.4) is 0 Å². The first kappa shape index (κ1) is 10.1. The fraction of sp³-hybridized carbons (Fsp3) is 0.250. The molecule has 1 heterocycles. The van der Waals surface area contributed by atoms with Crippen LogP contribution >= 0.6 is 23.6 Å². The molecule has 0 bridgehead atoms. The normalized spacial score (nSPS) is 9.62. The highest BCUT2D eigenvalue weighted by Crippen LogP contribution is 2.18. The summed E-state index contributed by atoms with van der Waals surface area (Å²) in [6.07, 6.45) is 0.448. The minimum Gasteiger partial charge on any atom is -0.465 e. The van der Waals surface area contributed by atoms with Crippen LogP contribution in [0, 0.1) is 0 Å². The molecule has 2 N–H and O–H groups in total. The van der Waals surface area contributed by atoms with Crippen LogP contribution in [0.1, 0.15) is 15.2 Å². The molecule has 5 heteroatoms. The van der Waals surface area contributed by atoms with E-state index in [0.29, 0.717) is 16.3 Å². The second-order valence-corrected chi connectivity index (χ2v) is 3.85. The van der Waals surface area contributed by atoms with Crippen molar-refractivity contribution in [3.8, 4) is 0 Å². The summed E-state index contributed by atoms with van der Waals surface area (Å²) in [6, 6.07) is 1.83. The van der Waals surface area contributed by atoms with E-state index in [1.165, 1.54) is 18.4 Å². The van der Waals surface area contributed by atoms with Gasteiger partial charge in [0.05, 0.1) is 12.1 Å². The number of nitrogens with two attached hydrogens (primary N) is 1. The van der Waals surface area contributed by atoms with Crippen molar-refractivity contribution in [1.82, 2.24) is 0 Å². The Balaban J connectivity index is 2.89. The van der Waals surface area contributed by atoms with Crippen LogP contribution < -0.4 is 5.73 Å². The largest absolute Gasteiger partial charge is 0.465 e. The van der Waals surface area contributed by atoms with Crippen LogP contribution in [-0.2, 0) is 11.2 Å². The lowest BCUT2D eigenvalue weighted by Crippen LogP contribution is -2.13. The summed E-state index contributed by atoms with van der Waals surface area (Å²) < 4.78 is 4.60. The van der Waals surface area contributed by atoms with Crippen LogP contribution in [0.15, 0.2) is 11.4 Å². The van der Waals surface area contributed by atoms with Crippen molar-refractivity contribution in [3.63, 3.8) is 0 Å². The van der Waals surface area contributed by atoms with Gasteiger partial charge in [-0.2, -0.15) is 0 Å². The van der Waals surface area contributed by atoms with E-state index < -0.39 is 0 Å². The van der Waals surface area contributed by atoms with Gasteiger partial charge in [-0.05, 0) is 17.0 Å². The van der Waals surface area contributed by atoms with Gasteiger partial charge in [-0.25, -0.2) is 4.79 Å². The van der Waals surface area contributed by atoms with Crippen molar-refractivity contribution in [1.29, 1.82) is 0 Å². The highest BCUT2D eigenvalue weighted by molar-refractivity contribution is 7.80. The predicted molar refractivity (Wildman–Crippen MR) is 56.1 cm³/mol. The molecule has 0 aliphatic carbocycles. The SMILES string of the molecule is COC(=O)c1sccc1CC(N)=S. The van der Waals surface area contributed by atoms with Crippen LogP contribution in [0.5, 0.6) is 0 Å². The summed E-state index contributed by atoms with van der Waals surface area (Å²) in [4.78, 5) is 12.1. The zero-order valence-corrected chi connectivity index (χ0v) is 8.71. The Bertz CT molecular complexity index is 333. The molecule has 0 unspecified atom stereocenters. The third kappa shape index (κ3) is 2.50. The van der Waals surface area contributed by atoms with Crippen LogP contribution in [0.4, 0.5) is 0 Å². The number of carbonyl (C=O) groups excluding carboxylic acids is 1. The van der Waals surface area contributed by atoms with E-state index in [4.69, 9.17) is 18.0 Å². The molecule has 0 fully saturated rings. The molecule has 0 aliphatic heterocycles. The zero-order chi connectivity index (χ0) is 9.84. The molecule has 0 aromatic carbocycles. The Morgan fingerprint density at radius 3 is 3.00 bits per heavy atom.